The predicted octanol–water partition coefficient (Wildman–Crippen LogP) is 2.61. The minimum Gasteiger partial charge on any atom is -0.288 e. The van der Waals surface area contributed by atoms with Gasteiger partial charge in [0, 0.05) is 12.1 Å². The van der Waals surface area contributed by atoms with Crippen molar-refractivity contribution in [2.45, 2.75) is 13.5 Å². The zero-order valence-corrected chi connectivity index (χ0v) is 11.7. The van der Waals surface area contributed by atoms with Crippen LogP contribution in [0.3, 0.4) is 0 Å². The molecule has 0 radical (unpaired) electrons. The predicted molar refractivity (Wildman–Crippen MR) is 83.1 cm³/mol. The standard InChI is InChI=1S/C16H16N4O/c1-2-19-16(21)20(17-14-11-7-4-8-12-14)15(18-19)13-9-5-3-6-10-13/h3-12,17H,2H2,1H3. The average molecular weight is 280 g/mol. The summed E-state index contributed by atoms with van der Waals surface area (Å²) >= 11 is 0. The van der Waals surface area contributed by atoms with Gasteiger partial charge in [-0.05, 0) is 19.1 Å². The summed E-state index contributed by atoms with van der Waals surface area (Å²) in [4.78, 5) is 12.4. The number of aromatic nitrogens is 3. The van der Waals surface area contributed by atoms with Crippen LogP contribution < -0.4 is 11.1 Å². The molecule has 0 amide bonds. The number of aryl methyl sites for hydroxylation is 1. The summed E-state index contributed by atoms with van der Waals surface area (Å²) in [5.74, 6) is 0.603. The largest absolute Gasteiger partial charge is 0.365 e. The summed E-state index contributed by atoms with van der Waals surface area (Å²) in [6, 6.07) is 19.2. The van der Waals surface area contributed by atoms with Gasteiger partial charge in [-0.3, -0.25) is 5.43 Å². The second-order valence-corrected chi connectivity index (χ2v) is 4.60. The minimum atomic E-state index is -0.180. The average Bonchev–Trinajstić information content (AvgIpc) is 2.86. The van der Waals surface area contributed by atoms with Gasteiger partial charge in [-0.2, -0.15) is 4.68 Å². The Balaban J connectivity index is 2.10. The molecule has 1 aromatic heterocycles. The monoisotopic (exact) mass is 280 g/mol. The Morgan fingerprint density at radius 1 is 1.00 bits per heavy atom. The Kier molecular flexibility index (Phi) is 3.55. The van der Waals surface area contributed by atoms with E-state index in [1.807, 2.05) is 67.6 Å². The Hall–Kier alpha value is -2.82. The second kappa shape index (κ2) is 5.66. The molecule has 5 heteroatoms. The van der Waals surface area contributed by atoms with Crippen LogP contribution in [0.2, 0.25) is 0 Å². The number of benzene rings is 2. The van der Waals surface area contributed by atoms with E-state index in [4.69, 9.17) is 0 Å². The molecule has 21 heavy (non-hydrogen) atoms. The smallest absolute Gasteiger partial charge is 0.288 e. The molecule has 3 rings (SSSR count). The van der Waals surface area contributed by atoms with Crippen molar-refractivity contribution < 1.29 is 0 Å². The molecular formula is C16H16N4O. The summed E-state index contributed by atoms with van der Waals surface area (Å²) in [5, 5.41) is 4.40. The summed E-state index contributed by atoms with van der Waals surface area (Å²) in [5.41, 5.74) is 4.67. The molecule has 2 aromatic carbocycles. The SMILES string of the molecule is CCn1nc(-c2ccccc2)n(Nc2ccccc2)c1=O. The van der Waals surface area contributed by atoms with Crippen molar-refractivity contribution in [1.29, 1.82) is 0 Å². The van der Waals surface area contributed by atoms with E-state index in [1.54, 1.807) is 0 Å². The zero-order valence-electron chi connectivity index (χ0n) is 11.7. The van der Waals surface area contributed by atoms with Gasteiger partial charge in [-0.15, -0.1) is 5.10 Å². The summed E-state index contributed by atoms with van der Waals surface area (Å²) in [6.45, 7) is 2.43. The van der Waals surface area contributed by atoms with Crippen LogP contribution in [0.15, 0.2) is 65.5 Å². The van der Waals surface area contributed by atoms with Crippen molar-refractivity contribution in [1.82, 2.24) is 14.5 Å². The molecular weight excluding hydrogens is 264 g/mol. The number of anilines is 1. The van der Waals surface area contributed by atoms with E-state index in [9.17, 15) is 4.79 Å². The Morgan fingerprint density at radius 3 is 2.24 bits per heavy atom. The Morgan fingerprint density at radius 2 is 1.62 bits per heavy atom. The van der Waals surface area contributed by atoms with Crippen molar-refractivity contribution in [3.05, 3.63) is 71.1 Å². The van der Waals surface area contributed by atoms with Gasteiger partial charge in [0.25, 0.3) is 0 Å². The van der Waals surface area contributed by atoms with Crippen LogP contribution in [0.4, 0.5) is 5.69 Å². The minimum absolute atomic E-state index is 0.180. The Bertz CT molecular complexity index is 775. The first-order valence-corrected chi connectivity index (χ1v) is 6.87. The van der Waals surface area contributed by atoms with Gasteiger partial charge in [-0.25, -0.2) is 9.48 Å². The summed E-state index contributed by atoms with van der Waals surface area (Å²) in [7, 11) is 0. The Labute approximate surface area is 122 Å². The van der Waals surface area contributed by atoms with E-state index >= 15 is 0 Å². The van der Waals surface area contributed by atoms with Crippen molar-refractivity contribution in [3.63, 3.8) is 0 Å². The van der Waals surface area contributed by atoms with Gasteiger partial charge < -0.3 is 0 Å². The molecule has 3 aromatic rings. The summed E-state index contributed by atoms with van der Waals surface area (Å²) in [6.07, 6.45) is 0. The van der Waals surface area contributed by atoms with Crippen molar-refractivity contribution >= 4 is 5.69 Å². The molecule has 1 N–H and O–H groups in total. The maximum Gasteiger partial charge on any atom is 0.365 e. The molecule has 0 saturated carbocycles. The topological polar surface area (TPSA) is 51.9 Å². The molecule has 0 saturated heterocycles. The van der Waals surface area contributed by atoms with Gasteiger partial charge >= 0.3 is 5.69 Å². The first-order valence-electron chi connectivity index (χ1n) is 6.87. The molecule has 0 fully saturated rings. The van der Waals surface area contributed by atoms with Gasteiger partial charge in [-0.1, -0.05) is 48.5 Å². The van der Waals surface area contributed by atoms with Crippen LogP contribution in [0.1, 0.15) is 6.92 Å². The second-order valence-electron chi connectivity index (χ2n) is 4.60. The third-order valence-corrected chi connectivity index (χ3v) is 3.19. The van der Waals surface area contributed by atoms with Gasteiger partial charge in [0.1, 0.15) is 0 Å². The molecule has 0 atom stereocenters. The van der Waals surface area contributed by atoms with Crippen LogP contribution >= 0.6 is 0 Å². The van der Waals surface area contributed by atoms with E-state index in [2.05, 4.69) is 10.5 Å². The first-order chi connectivity index (χ1) is 10.3. The van der Waals surface area contributed by atoms with Crippen LogP contribution in [-0.2, 0) is 6.54 Å². The maximum atomic E-state index is 12.4. The summed E-state index contributed by atoms with van der Waals surface area (Å²) < 4.78 is 2.92. The molecule has 1 heterocycles. The van der Waals surface area contributed by atoms with Gasteiger partial charge in [0.15, 0.2) is 5.82 Å². The quantitative estimate of drug-likeness (QED) is 0.799. The van der Waals surface area contributed by atoms with E-state index in [-0.39, 0.29) is 5.69 Å². The highest BCUT2D eigenvalue weighted by Gasteiger charge is 2.14. The van der Waals surface area contributed by atoms with E-state index < -0.39 is 0 Å². The number of hydrogen-bond acceptors (Lipinski definition) is 3. The number of nitrogens with zero attached hydrogens (tertiary/aromatic N) is 3. The lowest BCUT2D eigenvalue weighted by molar-refractivity contribution is 0.626. The van der Waals surface area contributed by atoms with Crippen LogP contribution in [0.5, 0.6) is 0 Å². The van der Waals surface area contributed by atoms with Gasteiger partial charge in [0.05, 0.1) is 5.69 Å². The lowest BCUT2D eigenvalue weighted by atomic mass is 10.2. The third kappa shape index (κ3) is 2.58. The molecule has 5 nitrogen and oxygen atoms in total. The number of hydrogen-bond donors (Lipinski definition) is 1. The van der Waals surface area contributed by atoms with Crippen molar-refractivity contribution in [2.24, 2.45) is 0 Å². The van der Waals surface area contributed by atoms with E-state index in [0.29, 0.717) is 12.4 Å². The molecule has 0 unspecified atom stereocenters. The van der Waals surface area contributed by atoms with Crippen LogP contribution in [-0.4, -0.2) is 14.5 Å². The number of nitrogens with one attached hydrogen (secondary N) is 1. The molecule has 0 aliphatic heterocycles. The number of rotatable bonds is 4. The highest BCUT2D eigenvalue weighted by atomic mass is 16.2. The molecule has 106 valence electrons. The highest BCUT2D eigenvalue weighted by molar-refractivity contribution is 5.56. The van der Waals surface area contributed by atoms with Gasteiger partial charge in [0.2, 0.25) is 0 Å². The zero-order chi connectivity index (χ0) is 14.7. The van der Waals surface area contributed by atoms with Crippen molar-refractivity contribution in [2.75, 3.05) is 5.43 Å². The molecule has 0 aliphatic rings. The third-order valence-electron chi connectivity index (χ3n) is 3.19. The van der Waals surface area contributed by atoms with Crippen LogP contribution in [0, 0.1) is 0 Å². The van der Waals surface area contributed by atoms with Crippen molar-refractivity contribution in [3.8, 4) is 11.4 Å². The number of para-hydroxylation sites is 1. The normalized spacial score (nSPS) is 10.5. The maximum absolute atomic E-state index is 12.4. The highest BCUT2D eigenvalue weighted by Crippen LogP contribution is 2.15. The molecule has 0 bridgehead atoms. The first kappa shape index (κ1) is 13.2. The molecule has 0 aliphatic carbocycles. The lowest BCUT2D eigenvalue weighted by Crippen LogP contribution is -2.29. The fraction of sp³-hybridized carbons (Fsp3) is 0.125. The van der Waals surface area contributed by atoms with E-state index in [0.717, 1.165) is 11.3 Å². The van der Waals surface area contributed by atoms with Crippen LogP contribution in [0.25, 0.3) is 11.4 Å². The molecule has 0 spiro atoms. The fourth-order valence-corrected chi connectivity index (χ4v) is 2.13. The lowest BCUT2D eigenvalue weighted by Gasteiger charge is -2.08. The fourth-order valence-electron chi connectivity index (χ4n) is 2.13. The van der Waals surface area contributed by atoms with E-state index in [1.165, 1.54) is 9.36 Å².